The molecule has 3 rings (SSSR count). The number of aryl methyl sites for hydroxylation is 1. The molecule has 2 aromatic rings. The van der Waals surface area contributed by atoms with Gasteiger partial charge in [0.1, 0.15) is 5.52 Å². The van der Waals surface area contributed by atoms with Gasteiger partial charge in [0, 0.05) is 12.7 Å². The van der Waals surface area contributed by atoms with Gasteiger partial charge < -0.3 is 10.3 Å². The molecule has 1 saturated carbocycles. The Kier molecular flexibility index (Phi) is 2.27. The summed E-state index contributed by atoms with van der Waals surface area (Å²) in [6.07, 6.45) is 8.95. The lowest BCUT2D eigenvalue weighted by atomic mass is 9.83. The summed E-state index contributed by atoms with van der Waals surface area (Å²) in [5.74, 6) is 1.51. The maximum Gasteiger partial charge on any atom is 0.201 e. The zero-order valence-electron chi connectivity index (χ0n) is 9.26. The van der Waals surface area contributed by atoms with Crippen LogP contribution in [0.2, 0.25) is 0 Å². The number of hydrogen-bond donors (Lipinski definition) is 1. The van der Waals surface area contributed by atoms with Crippen LogP contribution < -0.4 is 5.73 Å². The van der Waals surface area contributed by atoms with Crippen molar-refractivity contribution in [2.24, 2.45) is 5.92 Å². The molecule has 0 radical (unpaired) electrons. The van der Waals surface area contributed by atoms with Crippen LogP contribution in [0.3, 0.4) is 0 Å². The summed E-state index contributed by atoms with van der Waals surface area (Å²) in [4.78, 5) is 8.37. The highest BCUT2D eigenvalue weighted by molar-refractivity contribution is 5.76. The van der Waals surface area contributed by atoms with Gasteiger partial charge in [-0.3, -0.25) is 4.98 Å². The summed E-state index contributed by atoms with van der Waals surface area (Å²) in [5.41, 5.74) is 7.92. The van der Waals surface area contributed by atoms with Crippen LogP contribution in [-0.4, -0.2) is 14.5 Å². The van der Waals surface area contributed by atoms with Crippen molar-refractivity contribution in [1.82, 2.24) is 14.5 Å². The molecule has 0 aromatic carbocycles. The van der Waals surface area contributed by atoms with E-state index in [1.54, 1.807) is 12.4 Å². The molecule has 2 heterocycles. The molecule has 4 nitrogen and oxygen atoms in total. The summed E-state index contributed by atoms with van der Waals surface area (Å²) in [6, 6.07) is 1.99. The minimum atomic E-state index is 0.613. The fraction of sp³-hybridized carbons (Fsp3) is 0.500. The highest BCUT2D eigenvalue weighted by Gasteiger charge is 2.18. The summed E-state index contributed by atoms with van der Waals surface area (Å²) in [5, 5.41) is 0. The normalized spacial score (nSPS) is 16.5. The van der Waals surface area contributed by atoms with E-state index in [1.165, 1.54) is 25.7 Å². The van der Waals surface area contributed by atoms with E-state index in [0.717, 1.165) is 23.5 Å². The van der Waals surface area contributed by atoms with Crippen molar-refractivity contribution in [1.29, 1.82) is 0 Å². The average Bonchev–Trinajstić information content (AvgIpc) is 2.53. The van der Waals surface area contributed by atoms with Crippen molar-refractivity contribution in [3.63, 3.8) is 0 Å². The van der Waals surface area contributed by atoms with E-state index in [2.05, 4.69) is 14.5 Å². The fourth-order valence-electron chi connectivity index (χ4n) is 2.33. The Labute approximate surface area is 94.5 Å². The number of pyridine rings is 1. The zero-order valence-corrected chi connectivity index (χ0v) is 9.26. The minimum absolute atomic E-state index is 0.613. The van der Waals surface area contributed by atoms with Gasteiger partial charge in [0.25, 0.3) is 0 Å². The maximum absolute atomic E-state index is 5.92. The predicted molar refractivity (Wildman–Crippen MR) is 63.9 cm³/mol. The number of rotatable bonds is 3. The van der Waals surface area contributed by atoms with Gasteiger partial charge in [-0.2, -0.15) is 0 Å². The van der Waals surface area contributed by atoms with Crippen LogP contribution >= 0.6 is 0 Å². The molecule has 0 saturated heterocycles. The molecule has 1 fully saturated rings. The second kappa shape index (κ2) is 3.77. The molecule has 2 aromatic heterocycles. The number of fused-ring (bicyclic) bond motifs is 1. The van der Waals surface area contributed by atoms with Crippen LogP contribution in [0, 0.1) is 5.92 Å². The van der Waals surface area contributed by atoms with Gasteiger partial charge in [-0.25, -0.2) is 4.98 Å². The highest BCUT2D eigenvalue weighted by Crippen LogP contribution is 2.30. The smallest absolute Gasteiger partial charge is 0.201 e. The molecule has 84 valence electrons. The van der Waals surface area contributed by atoms with Gasteiger partial charge in [-0.1, -0.05) is 19.3 Å². The SMILES string of the molecule is Nc1nc2cnccc2n1CCC1CCC1. The van der Waals surface area contributed by atoms with Gasteiger partial charge in [0.15, 0.2) is 0 Å². The van der Waals surface area contributed by atoms with Crippen molar-refractivity contribution in [3.05, 3.63) is 18.5 Å². The first-order valence-corrected chi connectivity index (χ1v) is 5.90. The van der Waals surface area contributed by atoms with Gasteiger partial charge >= 0.3 is 0 Å². The Morgan fingerprint density at radius 1 is 1.44 bits per heavy atom. The van der Waals surface area contributed by atoms with E-state index in [-0.39, 0.29) is 0 Å². The Bertz CT molecular complexity index is 499. The quantitative estimate of drug-likeness (QED) is 0.855. The Morgan fingerprint density at radius 2 is 2.31 bits per heavy atom. The number of hydrogen-bond acceptors (Lipinski definition) is 3. The third-order valence-corrected chi connectivity index (χ3v) is 3.57. The van der Waals surface area contributed by atoms with Gasteiger partial charge in [-0.15, -0.1) is 0 Å². The molecule has 2 N–H and O–H groups in total. The molecule has 16 heavy (non-hydrogen) atoms. The zero-order chi connectivity index (χ0) is 11.0. The molecular weight excluding hydrogens is 200 g/mol. The molecule has 0 unspecified atom stereocenters. The first kappa shape index (κ1) is 9.63. The molecule has 1 aliphatic rings. The van der Waals surface area contributed by atoms with Crippen LogP contribution in [0.1, 0.15) is 25.7 Å². The topological polar surface area (TPSA) is 56.7 Å². The third kappa shape index (κ3) is 1.54. The molecule has 1 aliphatic carbocycles. The molecule has 0 amide bonds. The summed E-state index contributed by atoms with van der Waals surface area (Å²) in [7, 11) is 0. The van der Waals surface area contributed by atoms with E-state index >= 15 is 0 Å². The lowest BCUT2D eigenvalue weighted by molar-refractivity contribution is 0.284. The minimum Gasteiger partial charge on any atom is -0.369 e. The largest absolute Gasteiger partial charge is 0.369 e. The summed E-state index contributed by atoms with van der Waals surface area (Å²) in [6.45, 7) is 0.983. The average molecular weight is 216 g/mol. The summed E-state index contributed by atoms with van der Waals surface area (Å²) >= 11 is 0. The second-order valence-corrected chi connectivity index (χ2v) is 4.57. The van der Waals surface area contributed by atoms with Crippen LogP contribution in [0.5, 0.6) is 0 Å². The van der Waals surface area contributed by atoms with Crippen LogP contribution in [0.25, 0.3) is 11.0 Å². The Morgan fingerprint density at radius 3 is 3.06 bits per heavy atom. The molecule has 0 spiro atoms. The van der Waals surface area contributed by atoms with E-state index in [4.69, 9.17) is 5.73 Å². The van der Waals surface area contributed by atoms with Crippen molar-refractivity contribution < 1.29 is 0 Å². The number of nitrogen functional groups attached to an aromatic ring is 1. The number of nitrogens with zero attached hydrogens (tertiary/aromatic N) is 3. The maximum atomic E-state index is 5.92. The van der Waals surface area contributed by atoms with Crippen LogP contribution in [-0.2, 0) is 6.54 Å². The number of imidazole rings is 1. The number of aromatic nitrogens is 3. The van der Waals surface area contributed by atoms with Crippen LogP contribution in [0.4, 0.5) is 5.95 Å². The van der Waals surface area contributed by atoms with Gasteiger partial charge in [0.2, 0.25) is 5.95 Å². The lowest BCUT2D eigenvalue weighted by Crippen LogP contribution is -2.14. The number of anilines is 1. The summed E-state index contributed by atoms with van der Waals surface area (Å²) < 4.78 is 2.11. The monoisotopic (exact) mass is 216 g/mol. The Balaban J connectivity index is 1.86. The first-order valence-electron chi connectivity index (χ1n) is 5.90. The fourth-order valence-corrected chi connectivity index (χ4v) is 2.33. The van der Waals surface area contributed by atoms with Crippen LogP contribution in [0.15, 0.2) is 18.5 Å². The predicted octanol–water partition coefficient (Wildman–Crippen LogP) is 2.20. The van der Waals surface area contributed by atoms with E-state index in [1.807, 2.05) is 6.07 Å². The first-order chi connectivity index (χ1) is 7.84. The molecular formula is C12H16N4. The molecule has 4 heteroatoms. The van der Waals surface area contributed by atoms with Crippen molar-refractivity contribution in [2.45, 2.75) is 32.2 Å². The van der Waals surface area contributed by atoms with Gasteiger partial charge in [-0.05, 0) is 18.4 Å². The van der Waals surface area contributed by atoms with Crippen molar-refractivity contribution in [3.8, 4) is 0 Å². The van der Waals surface area contributed by atoms with Gasteiger partial charge in [0.05, 0.1) is 11.7 Å². The van der Waals surface area contributed by atoms with E-state index < -0.39 is 0 Å². The Hall–Kier alpha value is -1.58. The second-order valence-electron chi connectivity index (χ2n) is 4.57. The standard InChI is InChI=1S/C12H16N4/c13-12-15-10-8-14-6-4-11(10)16(12)7-5-9-2-1-3-9/h4,6,8-9H,1-3,5,7H2,(H2,13,15). The number of nitrogens with two attached hydrogens (primary N) is 1. The van der Waals surface area contributed by atoms with Crippen molar-refractivity contribution in [2.75, 3.05) is 5.73 Å². The van der Waals surface area contributed by atoms with E-state index in [9.17, 15) is 0 Å². The van der Waals surface area contributed by atoms with E-state index in [0.29, 0.717) is 5.95 Å². The third-order valence-electron chi connectivity index (χ3n) is 3.57. The molecule has 0 atom stereocenters. The van der Waals surface area contributed by atoms with Crippen molar-refractivity contribution >= 4 is 17.0 Å². The highest BCUT2D eigenvalue weighted by atomic mass is 15.2. The molecule has 0 aliphatic heterocycles. The lowest BCUT2D eigenvalue weighted by Gasteiger charge is -2.25. The molecule has 0 bridgehead atoms.